The van der Waals surface area contributed by atoms with Gasteiger partial charge in [-0.1, -0.05) is 56.3 Å². The van der Waals surface area contributed by atoms with Gasteiger partial charge < -0.3 is 25.2 Å². The van der Waals surface area contributed by atoms with Crippen LogP contribution in [0.25, 0.3) is 6.08 Å². The fourth-order valence-corrected chi connectivity index (χ4v) is 5.30. The van der Waals surface area contributed by atoms with E-state index in [1.807, 2.05) is 14.1 Å². The number of amides is 2. The van der Waals surface area contributed by atoms with Gasteiger partial charge in [-0.2, -0.15) is 0 Å². The lowest BCUT2D eigenvalue weighted by Crippen LogP contribution is -2.51. The van der Waals surface area contributed by atoms with Crippen LogP contribution in [-0.4, -0.2) is 55.8 Å². The highest BCUT2D eigenvalue weighted by molar-refractivity contribution is 6.08. The summed E-state index contributed by atoms with van der Waals surface area (Å²) in [6.07, 6.45) is 8.51. The first kappa shape index (κ1) is 25.1. The van der Waals surface area contributed by atoms with Crippen molar-refractivity contribution in [3.8, 4) is 0 Å². The van der Waals surface area contributed by atoms with E-state index in [0.717, 1.165) is 40.5 Å². The van der Waals surface area contributed by atoms with Gasteiger partial charge in [0.25, 0.3) is 0 Å². The summed E-state index contributed by atoms with van der Waals surface area (Å²) >= 11 is 0. The number of carbonyl (C=O) groups is 1. The minimum atomic E-state index is -0.525. The van der Waals surface area contributed by atoms with E-state index in [2.05, 4.69) is 101 Å². The molecule has 0 spiro atoms. The smallest absolute Gasteiger partial charge is 0.315 e. The number of hydrogen-bond acceptors (Lipinski definition) is 4. The number of nitrogens with zero attached hydrogens (tertiary/aromatic N) is 2. The van der Waals surface area contributed by atoms with Crippen molar-refractivity contribution in [3.63, 3.8) is 0 Å². The number of rotatable bonds is 8. The molecule has 1 atom stereocenters. The Bertz CT molecular complexity index is 1110. The van der Waals surface area contributed by atoms with Gasteiger partial charge in [0.2, 0.25) is 0 Å². The highest BCUT2D eigenvalue weighted by Gasteiger charge is 2.59. The zero-order valence-electron chi connectivity index (χ0n) is 21.6. The molecule has 0 aliphatic carbocycles. The normalized spacial score (nSPS) is 20.4. The van der Waals surface area contributed by atoms with Crippen LogP contribution in [0.4, 0.5) is 16.2 Å². The summed E-state index contributed by atoms with van der Waals surface area (Å²) in [5.41, 5.74) is 5.17. The van der Waals surface area contributed by atoms with Crippen molar-refractivity contribution in [2.45, 2.75) is 37.6 Å². The quantitative estimate of drug-likeness (QED) is 0.440. The van der Waals surface area contributed by atoms with Crippen molar-refractivity contribution in [3.05, 3.63) is 77.4 Å². The Labute approximate surface area is 212 Å². The predicted octanol–water partition coefficient (Wildman–Crippen LogP) is 3.43. The number of urea groups is 1. The third-order valence-electron chi connectivity index (χ3n) is 7.08. The van der Waals surface area contributed by atoms with Gasteiger partial charge in [-0.15, -0.1) is 0 Å². The molecule has 2 aromatic rings. The maximum absolute atomic E-state index is 12.0. The molecular weight excluding hydrogens is 452 g/mol. The third-order valence-corrected chi connectivity index (χ3v) is 7.58. The van der Waals surface area contributed by atoms with Gasteiger partial charge >= 0.3 is 6.03 Å². The van der Waals surface area contributed by atoms with Crippen molar-refractivity contribution < 1.29 is 9.53 Å². The first-order valence-corrected chi connectivity index (χ1v) is 13.9. The highest BCUT2D eigenvalue weighted by atomic mass is 28.1. The fourth-order valence-electron chi connectivity index (χ4n) is 5.05. The maximum atomic E-state index is 12.0. The summed E-state index contributed by atoms with van der Waals surface area (Å²) in [5, 5.41) is 5.87. The lowest BCUT2D eigenvalue weighted by Gasteiger charge is -2.39. The first-order chi connectivity index (χ1) is 16.8. The van der Waals surface area contributed by atoms with Crippen LogP contribution in [0.1, 0.15) is 30.5 Å². The number of nitrogens with one attached hydrogen (secondary N) is 2. The summed E-state index contributed by atoms with van der Waals surface area (Å²) in [6.45, 7) is 7.29. The van der Waals surface area contributed by atoms with Gasteiger partial charge in [0.1, 0.15) is 0 Å². The predicted molar refractivity (Wildman–Crippen MR) is 149 cm³/mol. The van der Waals surface area contributed by atoms with E-state index in [4.69, 9.17) is 4.74 Å². The average Bonchev–Trinajstić information content (AvgIpc) is 3.36. The Hall–Kier alpha value is -3.03. The second-order valence-electron chi connectivity index (χ2n) is 9.99. The van der Waals surface area contributed by atoms with E-state index in [9.17, 15) is 4.79 Å². The van der Waals surface area contributed by atoms with Crippen LogP contribution in [-0.2, 0) is 16.7 Å². The van der Waals surface area contributed by atoms with Gasteiger partial charge in [-0.05, 0) is 47.0 Å². The number of carbonyl (C=O) groups excluding carboxylic acids is 1. The lowest BCUT2D eigenvalue weighted by atomic mass is 9.77. The van der Waals surface area contributed by atoms with Crippen molar-refractivity contribution >= 4 is 33.7 Å². The van der Waals surface area contributed by atoms with E-state index >= 15 is 0 Å². The lowest BCUT2D eigenvalue weighted by molar-refractivity contribution is -0.000291. The van der Waals surface area contributed by atoms with Gasteiger partial charge in [-0.25, -0.2) is 4.79 Å². The molecule has 2 aliphatic rings. The maximum Gasteiger partial charge on any atom is 0.315 e. The molecule has 35 heavy (non-hydrogen) atoms. The molecule has 2 N–H and O–H groups in total. The zero-order chi connectivity index (χ0) is 25.1. The monoisotopic (exact) mass is 490 g/mol. The summed E-state index contributed by atoms with van der Waals surface area (Å²) in [4.78, 5) is 16.5. The fraction of sp³-hybridized carbons (Fsp3) is 0.393. The number of fused-ring (bicyclic) bond motifs is 3. The molecule has 1 unspecified atom stereocenters. The van der Waals surface area contributed by atoms with E-state index in [-0.39, 0.29) is 11.4 Å². The van der Waals surface area contributed by atoms with Crippen LogP contribution in [0.2, 0.25) is 6.04 Å². The Morgan fingerprint density at radius 1 is 1.14 bits per heavy atom. The van der Waals surface area contributed by atoms with E-state index in [0.29, 0.717) is 13.2 Å². The number of ether oxygens (including phenoxy) is 1. The summed E-state index contributed by atoms with van der Waals surface area (Å²) in [6, 6.07) is 16.0. The van der Waals surface area contributed by atoms with Crippen molar-refractivity contribution in [1.82, 2.24) is 10.6 Å². The van der Waals surface area contributed by atoms with Gasteiger partial charge in [0, 0.05) is 60.8 Å². The van der Waals surface area contributed by atoms with Crippen LogP contribution in [0.5, 0.6) is 0 Å². The highest BCUT2D eigenvalue weighted by Crippen LogP contribution is 2.55. The molecule has 1 fully saturated rings. The molecular formula is C28H38N4O2Si. The van der Waals surface area contributed by atoms with Crippen LogP contribution in [0.15, 0.2) is 60.7 Å². The topological polar surface area (TPSA) is 56.8 Å². The molecule has 4 rings (SSSR count). The van der Waals surface area contributed by atoms with Crippen molar-refractivity contribution in [2.24, 2.45) is 0 Å². The van der Waals surface area contributed by atoms with Crippen LogP contribution in [0.3, 0.4) is 0 Å². The van der Waals surface area contributed by atoms with Crippen molar-refractivity contribution in [1.29, 1.82) is 0 Å². The SMILES string of the molecule is CN(C)c1ccc(/C=C/C=C/C23OCCN2c2cc(CNC(=O)NCC[SiH3])ccc2C3(C)C)cc1. The first-order valence-electron chi connectivity index (χ1n) is 12.5. The van der Waals surface area contributed by atoms with E-state index in [1.54, 1.807) is 0 Å². The van der Waals surface area contributed by atoms with Gasteiger partial charge in [0.15, 0.2) is 5.72 Å². The molecule has 2 heterocycles. The molecule has 2 aromatic carbocycles. The third kappa shape index (κ3) is 4.88. The molecule has 2 aliphatic heterocycles. The number of benzene rings is 2. The molecule has 0 radical (unpaired) electrons. The van der Waals surface area contributed by atoms with Gasteiger partial charge in [-0.3, -0.25) is 0 Å². The van der Waals surface area contributed by atoms with Crippen LogP contribution in [0, 0.1) is 0 Å². The molecule has 0 saturated carbocycles. The second-order valence-corrected chi connectivity index (χ2v) is 11.0. The molecule has 186 valence electrons. The number of hydrogen-bond donors (Lipinski definition) is 2. The summed E-state index contributed by atoms with van der Waals surface area (Å²) in [5.74, 6) is 0. The Morgan fingerprint density at radius 3 is 2.63 bits per heavy atom. The zero-order valence-corrected chi connectivity index (χ0v) is 23.6. The largest absolute Gasteiger partial charge is 0.378 e. The number of anilines is 2. The Balaban J connectivity index is 1.51. The van der Waals surface area contributed by atoms with Crippen LogP contribution >= 0.6 is 0 Å². The summed E-state index contributed by atoms with van der Waals surface area (Å²) in [7, 11) is 5.19. The molecule has 7 heteroatoms. The molecule has 0 bridgehead atoms. The van der Waals surface area contributed by atoms with E-state index < -0.39 is 5.72 Å². The Morgan fingerprint density at radius 2 is 1.91 bits per heavy atom. The molecule has 6 nitrogen and oxygen atoms in total. The van der Waals surface area contributed by atoms with Crippen molar-refractivity contribution in [2.75, 3.05) is 43.6 Å². The second kappa shape index (κ2) is 10.3. The van der Waals surface area contributed by atoms with Crippen LogP contribution < -0.4 is 20.4 Å². The number of allylic oxidation sites excluding steroid dienone is 2. The Kier molecular flexibility index (Phi) is 7.38. The summed E-state index contributed by atoms with van der Waals surface area (Å²) < 4.78 is 6.46. The minimum absolute atomic E-state index is 0.105. The average molecular weight is 491 g/mol. The van der Waals surface area contributed by atoms with E-state index in [1.165, 1.54) is 16.9 Å². The van der Waals surface area contributed by atoms with Gasteiger partial charge in [0.05, 0.1) is 6.61 Å². The standard InChI is InChI=1S/C28H38N4O2Si/c1-27(2)24-13-10-22(20-30-26(33)29-15-18-35)19-25(24)32-16-17-34-28(27,32)14-6-5-7-21-8-11-23(12-9-21)31(3)4/h5-14,19H,15-18,20H2,1-4,35H3,(H2,29,30,33)/b7-5+,14-6+. The molecule has 2 amide bonds. The molecule has 0 aromatic heterocycles. The molecule has 1 saturated heterocycles. The minimum Gasteiger partial charge on any atom is -0.378 e.